The van der Waals surface area contributed by atoms with E-state index in [0.717, 1.165) is 12.8 Å². The van der Waals surface area contributed by atoms with Crippen LogP contribution in [0.2, 0.25) is 10.0 Å². The van der Waals surface area contributed by atoms with Gasteiger partial charge in [0.05, 0.1) is 26.7 Å². The lowest BCUT2D eigenvalue weighted by Gasteiger charge is -2.15. The van der Waals surface area contributed by atoms with Crippen molar-refractivity contribution in [3.8, 4) is 0 Å². The van der Waals surface area contributed by atoms with Crippen molar-refractivity contribution in [2.24, 2.45) is 5.92 Å². The molecular weight excluding hydrogens is 441 g/mol. The molecule has 162 valence electrons. The second-order valence-corrected chi connectivity index (χ2v) is 8.95. The number of aromatic nitrogens is 3. The number of anilines is 2. The highest BCUT2D eigenvalue weighted by molar-refractivity contribution is 6.39. The minimum atomic E-state index is -0.659. The van der Waals surface area contributed by atoms with Gasteiger partial charge >= 0.3 is 5.69 Å². The number of aromatic amines is 1. The van der Waals surface area contributed by atoms with E-state index in [1.807, 2.05) is 13.8 Å². The van der Waals surface area contributed by atoms with Crippen molar-refractivity contribution in [1.82, 2.24) is 14.5 Å². The summed E-state index contributed by atoms with van der Waals surface area (Å²) in [6.45, 7) is 4.27. The molecule has 0 bridgehead atoms. The molecule has 8 nitrogen and oxygen atoms in total. The Balaban J connectivity index is 1.89. The molecule has 1 fully saturated rings. The molecule has 1 aromatic carbocycles. The van der Waals surface area contributed by atoms with E-state index in [1.54, 1.807) is 6.07 Å². The zero-order chi connectivity index (χ0) is 22.4. The molecule has 0 radical (unpaired) electrons. The molecule has 1 aliphatic rings. The van der Waals surface area contributed by atoms with Gasteiger partial charge in [0.1, 0.15) is 0 Å². The predicted molar refractivity (Wildman–Crippen MR) is 122 cm³/mol. The number of H-pyrrole nitrogens is 1. The predicted octanol–water partition coefficient (Wildman–Crippen LogP) is 3.76. The average Bonchev–Trinajstić information content (AvgIpc) is 3.53. The van der Waals surface area contributed by atoms with E-state index in [-0.39, 0.29) is 44.2 Å². The fourth-order valence-electron chi connectivity index (χ4n) is 3.45. The lowest BCUT2D eigenvalue weighted by molar-refractivity contribution is 0.102. The van der Waals surface area contributed by atoms with E-state index in [2.05, 4.69) is 15.3 Å². The Morgan fingerprint density at radius 3 is 2.48 bits per heavy atom. The van der Waals surface area contributed by atoms with Crippen LogP contribution in [0.5, 0.6) is 0 Å². The van der Waals surface area contributed by atoms with Crippen LogP contribution in [0.15, 0.2) is 27.8 Å². The second-order valence-electron chi connectivity index (χ2n) is 8.14. The molecule has 4 N–H and O–H groups in total. The van der Waals surface area contributed by atoms with Gasteiger partial charge in [0.25, 0.3) is 11.5 Å². The molecule has 31 heavy (non-hydrogen) atoms. The van der Waals surface area contributed by atoms with Gasteiger partial charge < -0.3 is 11.1 Å². The molecule has 0 aliphatic heterocycles. The van der Waals surface area contributed by atoms with Crippen molar-refractivity contribution in [2.45, 2.75) is 39.2 Å². The van der Waals surface area contributed by atoms with Gasteiger partial charge in [-0.2, -0.15) is 0 Å². The van der Waals surface area contributed by atoms with E-state index in [0.29, 0.717) is 17.9 Å². The number of benzene rings is 1. The third-order valence-corrected chi connectivity index (χ3v) is 5.72. The lowest BCUT2D eigenvalue weighted by atomic mass is 10.1. The van der Waals surface area contributed by atoms with Gasteiger partial charge in [-0.25, -0.2) is 9.78 Å². The van der Waals surface area contributed by atoms with Gasteiger partial charge in [-0.15, -0.1) is 0 Å². The summed E-state index contributed by atoms with van der Waals surface area (Å²) in [6.07, 6.45) is 1.89. The Kier molecular flexibility index (Phi) is 5.53. The third kappa shape index (κ3) is 4.18. The van der Waals surface area contributed by atoms with Crippen LogP contribution in [0.1, 0.15) is 48.7 Å². The number of fused-ring (bicyclic) bond motifs is 1. The first-order valence-electron chi connectivity index (χ1n) is 9.89. The van der Waals surface area contributed by atoms with Crippen LogP contribution in [0.4, 0.5) is 11.4 Å². The van der Waals surface area contributed by atoms with Gasteiger partial charge in [0, 0.05) is 23.8 Å². The molecule has 4 rings (SSSR count). The van der Waals surface area contributed by atoms with E-state index in [1.165, 1.54) is 16.7 Å². The normalized spacial score (nSPS) is 13.7. The molecule has 2 heterocycles. The summed E-state index contributed by atoms with van der Waals surface area (Å²) in [4.78, 5) is 45.3. The highest BCUT2D eigenvalue weighted by atomic mass is 35.5. The number of rotatable bonds is 5. The summed E-state index contributed by atoms with van der Waals surface area (Å²) in [7, 11) is 0. The number of nitrogens with zero attached hydrogens (tertiary/aromatic N) is 2. The number of nitrogen functional groups attached to an aromatic ring is 1. The molecule has 1 aliphatic carbocycles. The number of carbonyl (C=O) groups excluding carboxylic acids is 1. The summed E-state index contributed by atoms with van der Waals surface area (Å²) in [5.74, 6) is -0.195. The van der Waals surface area contributed by atoms with Crippen molar-refractivity contribution in [2.75, 3.05) is 11.1 Å². The molecule has 2 aromatic heterocycles. The fourth-order valence-corrected chi connectivity index (χ4v) is 3.94. The summed E-state index contributed by atoms with van der Waals surface area (Å²) in [5, 5.41) is 3.18. The first kappa shape index (κ1) is 21.4. The fraction of sp³-hybridized carbons (Fsp3) is 0.333. The highest BCUT2D eigenvalue weighted by Gasteiger charge is 2.29. The van der Waals surface area contributed by atoms with Gasteiger partial charge in [-0.1, -0.05) is 37.0 Å². The van der Waals surface area contributed by atoms with Crippen molar-refractivity contribution in [3.05, 3.63) is 60.3 Å². The first-order chi connectivity index (χ1) is 14.7. The Morgan fingerprint density at radius 1 is 1.26 bits per heavy atom. The van der Waals surface area contributed by atoms with Crippen LogP contribution in [0.3, 0.4) is 0 Å². The SMILES string of the molecule is CC(C)Cn1c(=O)[nH]c(=O)c2c(C(=O)Nc3cc(Cl)c(N)c(Cl)c3)cc(C3CC3)nc21. The van der Waals surface area contributed by atoms with Gasteiger partial charge in [0.15, 0.2) is 5.65 Å². The number of carbonyl (C=O) groups is 1. The molecule has 0 unspecified atom stereocenters. The topological polar surface area (TPSA) is 123 Å². The quantitative estimate of drug-likeness (QED) is 0.499. The minimum Gasteiger partial charge on any atom is -0.396 e. The number of pyridine rings is 1. The zero-order valence-electron chi connectivity index (χ0n) is 17.0. The van der Waals surface area contributed by atoms with Crippen molar-refractivity contribution in [1.29, 1.82) is 0 Å². The summed E-state index contributed by atoms with van der Waals surface area (Å²) in [5.41, 5.74) is 6.13. The van der Waals surface area contributed by atoms with E-state index < -0.39 is 17.2 Å². The second kappa shape index (κ2) is 8.01. The van der Waals surface area contributed by atoms with Gasteiger partial charge in [-0.3, -0.25) is 19.1 Å². The first-order valence-corrected chi connectivity index (χ1v) is 10.6. The number of nitrogens with two attached hydrogens (primary N) is 1. The highest BCUT2D eigenvalue weighted by Crippen LogP contribution is 2.40. The molecule has 0 saturated heterocycles. The van der Waals surface area contributed by atoms with E-state index >= 15 is 0 Å². The summed E-state index contributed by atoms with van der Waals surface area (Å²) < 4.78 is 1.42. The smallest absolute Gasteiger partial charge is 0.330 e. The maximum absolute atomic E-state index is 13.2. The maximum atomic E-state index is 13.2. The number of nitrogens with one attached hydrogen (secondary N) is 2. The molecule has 1 saturated carbocycles. The van der Waals surface area contributed by atoms with Crippen LogP contribution in [0, 0.1) is 5.92 Å². The van der Waals surface area contributed by atoms with Gasteiger partial charge in [0.2, 0.25) is 0 Å². The largest absolute Gasteiger partial charge is 0.396 e. The molecular formula is C21H21Cl2N5O3. The number of halogens is 2. The summed E-state index contributed by atoms with van der Waals surface area (Å²) >= 11 is 12.1. The lowest BCUT2D eigenvalue weighted by Crippen LogP contribution is -2.33. The monoisotopic (exact) mass is 461 g/mol. The standard InChI is InChI=1S/C21H21Cl2N5O3/c1-9(2)8-28-18-16(20(30)27-21(28)31)12(7-15(26-18)10-3-4-10)19(29)25-11-5-13(22)17(24)14(23)6-11/h5-7,9-10H,3-4,8,24H2,1-2H3,(H,25,29)(H,27,30,31). The Hall–Kier alpha value is -2.84. The molecule has 0 spiro atoms. The van der Waals surface area contributed by atoms with Crippen LogP contribution < -0.4 is 22.3 Å². The van der Waals surface area contributed by atoms with Crippen molar-refractivity contribution >= 4 is 51.5 Å². The van der Waals surface area contributed by atoms with Crippen LogP contribution in [-0.2, 0) is 6.54 Å². The number of amides is 1. The Morgan fingerprint density at radius 2 is 1.90 bits per heavy atom. The zero-order valence-corrected chi connectivity index (χ0v) is 18.5. The Labute approximate surface area is 187 Å². The van der Waals surface area contributed by atoms with Crippen LogP contribution in [-0.4, -0.2) is 20.4 Å². The molecule has 10 heteroatoms. The number of hydrogen-bond donors (Lipinski definition) is 3. The van der Waals surface area contributed by atoms with Crippen molar-refractivity contribution < 1.29 is 4.79 Å². The average molecular weight is 462 g/mol. The van der Waals surface area contributed by atoms with E-state index in [4.69, 9.17) is 28.9 Å². The molecule has 1 amide bonds. The van der Waals surface area contributed by atoms with Gasteiger partial charge in [-0.05, 0) is 37.0 Å². The Bertz CT molecular complexity index is 1300. The number of hydrogen-bond acceptors (Lipinski definition) is 5. The minimum absolute atomic E-state index is 0.0646. The molecule has 3 aromatic rings. The van der Waals surface area contributed by atoms with E-state index in [9.17, 15) is 14.4 Å². The summed E-state index contributed by atoms with van der Waals surface area (Å²) in [6, 6.07) is 4.57. The van der Waals surface area contributed by atoms with Crippen LogP contribution in [0.25, 0.3) is 11.0 Å². The van der Waals surface area contributed by atoms with Crippen LogP contribution >= 0.6 is 23.2 Å². The molecule has 0 atom stereocenters. The maximum Gasteiger partial charge on any atom is 0.330 e. The van der Waals surface area contributed by atoms with Crippen molar-refractivity contribution in [3.63, 3.8) is 0 Å². The third-order valence-electron chi connectivity index (χ3n) is 5.09.